The lowest BCUT2D eigenvalue weighted by molar-refractivity contribution is 0.0964. The Morgan fingerprint density at radius 2 is 1.88 bits per heavy atom. The molecule has 186 valence electrons. The van der Waals surface area contributed by atoms with Gasteiger partial charge in [0.1, 0.15) is 11.5 Å². The van der Waals surface area contributed by atoms with Gasteiger partial charge in [-0.2, -0.15) is 0 Å². The van der Waals surface area contributed by atoms with E-state index in [9.17, 15) is 0 Å². The molecule has 2 atom stereocenters. The van der Waals surface area contributed by atoms with Crippen molar-refractivity contribution in [3.8, 4) is 11.5 Å². The fraction of sp³-hybridized carbons (Fsp3) is 0.680. The van der Waals surface area contributed by atoms with E-state index in [0.29, 0.717) is 6.67 Å². The Hall–Kier alpha value is -2.10. The molecule has 5 rings (SSSR count). The second kappa shape index (κ2) is 10.7. The third kappa shape index (κ3) is 4.83. The summed E-state index contributed by atoms with van der Waals surface area (Å²) in [6.07, 6.45) is 8.41. The van der Waals surface area contributed by atoms with Gasteiger partial charge < -0.3 is 19.1 Å². The molecule has 8 nitrogen and oxygen atoms in total. The van der Waals surface area contributed by atoms with Crippen LogP contribution < -0.4 is 14.4 Å². The molecule has 1 aromatic carbocycles. The molecule has 9 heteroatoms. The Labute approximate surface area is 207 Å². The smallest absolute Gasteiger partial charge is 0.226 e. The second-order valence-electron chi connectivity index (χ2n) is 9.60. The number of ether oxygens (including phenoxy) is 3. The van der Waals surface area contributed by atoms with Crippen LogP contribution in [0.2, 0.25) is 0 Å². The third-order valence-electron chi connectivity index (χ3n) is 7.43. The maximum atomic E-state index is 6.00. The number of aromatic nitrogens is 3. The average molecular weight is 488 g/mol. The quantitative estimate of drug-likeness (QED) is 0.512. The van der Waals surface area contributed by atoms with Crippen LogP contribution >= 0.6 is 12.2 Å². The number of methoxy groups -OCH3 is 2. The highest BCUT2D eigenvalue weighted by atomic mass is 32.1. The minimum absolute atomic E-state index is 0.232. The van der Waals surface area contributed by atoms with Gasteiger partial charge in [-0.1, -0.05) is 6.07 Å². The molecule has 0 spiro atoms. The van der Waals surface area contributed by atoms with Crippen LogP contribution in [-0.2, 0) is 18.0 Å². The molecule has 3 aliphatic heterocycles. The van der Waals surface area contributed by atoms with E-state index < -0.39 is 0 Å². The molecular formula is C25H37N5O3S. The lowest BCUT2D eigenvalue weighted by Gasteiger charge is -2.28. The highest BCUT2D eigenvalue weighted by molar-refractivity contribution is 7.71. The van der Waals surface area contributed by atoms with Crippen molar-refractivity contribution >= 4 is 18.2 Å². The number of likely N-dealkylation sites (tertiary alicyclic amines) is 1. The van der Waals surface area contributed by atoms with Gasteiger partial charge >= 0.3 is 0 Å². The molecule has 3 aliphatic rings. The molecule has 2 aromatic rings. The second-order valence-corrected chi connectivity index (χ2v) is 9.96. The highest BCUT2D eigenvalue weighted by Gasteiger charge is 2.30. The van der Waals surface area contributed by atoms with Crippen molar-refractivity contribution < 1.29 is 14.2 Å². The van der Waals surface area contributed by atoms with Crippen LogP contribution in [-0.4, -0.2) is 65.8 Å². The van der Waals surface area contributed by atoms with Crippen molar-refractivity contribution in [2.45, 2.75) is 70.3 Å². The summed E-state index contributed by atoms with van der Waals surface area (Å²) in [5.41, 5.74) is 1.20. The van der Waals surface area contributed by atoms with Gasteiger partial charge in [0.2, 0.25) is 10.7 Å². The molecule has 0 N–H and O–H groups in total. The standard InChI is InChI=1S/C25H37N5O3S/c1-31-19-10-11-21(23(16-19)32-2)22-9-6-14-28(22)18-30-25(34)29(17-20-8-7-15-33-20)24(26-30)27-12-4-3-5-13-27/h10-11,16,20,22H,3-9,12-15,17-18H2,1-2H3/t20-,22-/m1/s1. The average Bonchev–Trinajstić information content (AvgIpc) is 3.62. The lowest BCUT2D eigenvalue weighted by atomic mass is 10.0. The number of benzene rings is 1. The van der Waals surface area contributed by atoms with E-state index >= 15 is 0 Å². The lowest BCUT2D eigenvalue weighted by Crippen LogP contribution is -2.33. The largest absolute Gasteiger partial charge is 0.497 e. The summed E-state index contributed by atoms with van der Waals surface area (Å²) in [4.78, 5) is 4.89. The van der Waals surface area contributed by atoms with Crippen LogP contribution in [0, 0.1) is 4.77 Å². The molecule has 0 amide bonds. The van der Waals surface area contributed by atoms with Gasteiger partial charge in [0.15, 0.2) is 0 Å². The summed E-state index contributed by atoms with van der Waals surface area (Å²) in [5.74, 6) is 2.70. The van der Waals surface area contributed by atoms with Crippen molar-refractivity contribution in [3.63, 3.8) is 0 Å². The first-order valence-corrected chi connectivity index (χ1v) is 13.1. The van der Waals surface area contributed by atoms with E-state index in [-0.39, 0.29) is 12.1 Å². The zero-order chi connectivity index (χ0) is 23.5. The summed E-state index contributed by atoms with van der Waals surface area (Å²) >= 11 is 6.00. The van der Waals surface area contributed by atoms with Crippen molar-refractivity contribution in [1.29, 1.82) is 0 Å². The molecule has 0 radical (unpaired) electrons. The Morgan fingerprint density at radius 1 is 1.03 bits per heavy atom. The molecule has 0 aliphatic carbocycles. The number of nitrogens with zero attached hydrogens (tertiary/aromatic N) is 5. The maximum Gasteiger partial charge on any atom is 0.226 e. The summed E-state index contributed by atoms with van der Waals surface area (Å²) in [6.45, 7) is 5.43. The maximum absolute atomic E-state index is 6.00. The zero-order valence-corrected chi connectivity index (χ0v) is 21.3. The first-order chi connectivity index (χ1) is 16.7. The van der Waals surface area contributed by atoms with Crippen LogP contribution in [0.5, 0.6) is 11.5 Å². The third-order valence-corrected chi connectivity index (χ3v) is 7.86. The number of piperidine rings is 1. The summed E-state index contributed by atoms with van der Waals surface area (Å²) in [7, 11) is 3.41. The molecule has 4 heterocycles. The minimum atomic E-state index is 0.232. The predicted molar refractivity (Wildman–Crippen MR) is 134 cm³/mol. The fourth-order valence-corrected chi connectivity index (χ4v) is 5.87. The predicted octanol–water partition coefficient (Wildman–Crippen LogP) is 4.40. The van der Waals surface area contributed by atoms with Gasteiger partial charge in [0.25, 0.3) is 0 Å². The zero-order valence-electron chi connectivity index (χ0n) is 20.4. The van der Waals surface area contributed by atoms with Gasteiger partial charge in [-0.3, -0.25) is 9.47 Å². The van der Waals surface area contributed by atoms with E-state index in [2.05, 4.69) is 20.4 Å². The molecule has 3 fully saturated rings. The van der Waals surface area contributed by atoms with Crippen LogP contribution in [0.15, 0.2) is 18.2 Å². The van der Waals surface area contributed by atoms with E-state index in [1.807, 2.05) is 16.8 Å². The van der Waals surface area contributed by atoms with Crippen LogP contribution in [0.1, 0.15) is 56.6 Å². The van der Waals surface area contributed by atoms with Gasteiger partial charge in [0.05, 0.1) is 33.5 Å². The first-order valence-electron chi connectivity index (χ1n) is 12.7. The number of hydrogen-bond acceptors (Lipinski definition) is 7. The Kier molecular flexibility index (Phi) is 7.41. The number of rotatable bonds is 8. The van der Waals surface area contributed by atoms with E-state index in [0.717, 1.165) is 80.7 Å². The summed E-state index contributed by atoms with van der Waals surface area (Å²) < 4.78 is 22.1. The van der Waals surface area contributed by atoms with Gasteiger partial charge in [-0.05, 0) is 63.2 Å². The topological polar surface area (TPSA) is 56.9 Å². The summed E-state index contributed by atoms with van der Waals surface area (Å²) in [5, 5.41) is 5.09. The molecule has 0 unspecified atom stereocenters. The minimum Gasteiger partial charge on any atom is -0.497 e. The Morgan fingerprint density at radius 3 is 2.62 bits per heavy atom. The molecule has 0 saturated carbocycles. The normalized spacial score (nSPS) is 23.5. The van der Waals surface area contributed by atoms with E-state index in [4.69, 9.17) is 31.5 Å². The fourth-order valence-electron chi connectivity index (χ4n) is 5.61. The van der Waals surface area contributed by atoms with Crippen molar-refractivity contribution in [2.24, 2.45) is 0 Å². The highest BCUT2D eigenvalue weighted by Crippen LogP contribution is 2.39. The monoisotopic (exact) mass is 487 g/mol. The Balaban J connectivity index is 1.42. The SMILES string of the molecule is COc1ccc([C@H]2CCCN2Cn2nc(N3CCCCC3)n(C[C@H]3CCCO3)c2=S)c(OC)c1. The molecule has 1 aromatic heterocycles. The molecule has 0 bridgehead atoms. The number of anilines is 1. The van der Waals surface area contributed by atoms with E-state index in [1.165, 1.54) is 24.8 Å². The first kappa shape index (κ1) is 23.6. The van der Waals surface area contributed by atoms with Crippen molar-refractivity contribution in [1.82, 2.24) is 19.2 Å². The van der Waals surface area contributed by atoms with E-state index in [1.54, 1.807) is 14.2 Å². The van der Waals surface area contributed by atoms with Gasteiger partial charge in [-0.15, -0.1) is 5.10 Å². The van der Waals surface area contributed by atoms with Crippen molar-refractivity contribution in [2.75, 3.05) is 45.4 Å². The summed E-state index contributed by atoms with van der Waals surface area (Å²) in [6, 6.07) is 6.40. The van der Waals surface area contributed by atoms with Crippen LogP contribution in [0.25, 0.3) is 0 Å². The molecule has 34 heavy (non-hydrogen) atoms. The van der Waals surface area contributed by atoms with Gasteiger partial charge in [-0.25, -0.2) is 4.68 Å². The van der Waals surface area contributed by atoms with Crippen molar-refractivity contribution in [3.05, 3.63) is 28.5 Å². The van der Waals surface area contributed by atoms with Gasteiger partial charge in [0, 0.05) is 43.9 Å². The molecule has 3 saturated heterocycles. The molecular weight excluding hydrogens is 450 g/mol. The van der Waals surface area contributed by atoms with Crippen LogP contribution in [0.3, 0.4) is 0 Å². The number of hydrogen-bond donors (Lipinski definition) is 0. The Bertz CT molecular complexity index is 1030. The van der Waals surface area contributed by atoms with Crippen LogP contribution in [0.4, 0.5) is 5.95 Å².